The summed E-state index contributed by atoms with van der Waals surface area (Å²) in [6, 6.07) is 5.25. The number of carbonyl (C=O) groups excluding carboxylic acids is 1. The molecule has 0 spiro atoms. The van der Waals surface area contributed by atoms with E-state index in [0.29, 0.717) is 53.1 Å². The maximum Gasteiger partial charge on any atom is 0.258 e. The van der Waals surface area contributed by atoms with Crippen LogP contribution in [0.15, 0.2) is 28.7 Å². The predicted molar refractivity (Wildman–Crippen MR) is 98.2 cm³/mol. The highest BCUT2D eigenvalue weighted by molar-refractivity contribution is 9.10. The molecule has 0 unspecified atom stereocenters. The second kappa shape index (κ2) is 7.61. The van der Waals surface area contributed by atoms with Crippen molar-refractivity contribution in [1.82, 2.24) is 0 Å². The van der Waals surface area contributed by atoms with Gasteiger partial charge in [-0.15, -0.1) is 0 Å². The Balaban J connectivity index is 2.03. The first-order valence-corrected chi connectivity index (χ1v) is 9.05. The first kappa shape index (κ1) is 18.6. The van der Waals surface area contributed by atoms with E-state index in [1.54, 1.807) is 12.1 Å². The number of methoxy groups -OCH3 is 1. The molecule has 2 aromatic carbocycles. The van der Waals surface area contributed by atoms with Gasteiger partial charge < -0.3 is 14.4 Å². The molecule has 138 valence electrons. The van der Waals surface area contributed by atoms with Gasteiger partial charge in [-0.1, -0.05) is 0 Å². The maximum absolute atomic E-state index is 14.1. The first-order chi connectivity index (χ1) is 12.5. The summed E-state index contributed by atoms with van der Waals surface area (Å²) < 4.78 is 39.2. The van der Waals surface area contributed by atoms with Crippen molar-refractivity contribution >= 4 is 27.5 Å². The van der Waals surface area contributed by atoms with Crippen LogP contribution in [-0.4, -0.2) is 26.2 Å². The van der Waals surface area contributed by atoms with Crippen molar-refractivity contribution in [2.45, 2.75) is 19.8 Å². The van der Waals surface area contributed by atoms with Crippen molar-refractivity contribution < 1.29 is 23.0 Å². The monoisotopic (exact) mass is 425 g/mol. The summed E-state index contributed by atoms with van der Waals surface area (Å²) in [5, 5.41) is 0. The third-order valence-corrected chi connectivity index (χ3v) is 4.84. The molecule has 3 rings (SSSR count). The van der Waals surface area contributed by atoms with Crippen molar-refractivity contribution in [2.75, 3.05) is 25.2 Å². The highest BCUT2D eigenvalue weighted by Crippen LogP contribution is 2.38. The highest BCUT2D eigenvalue weighted by Gasteiger charge is 2.27. The van der Waals surface area contributed by atoms with Gasteiger partial charge in [-0.2, -0.15) is 0 Å². The lowest BCUT2D eigenvalue weighted by Gasteiger charge is -2.30. The summed E-state index contributed by atoms with van der Waals surface area (Å²) in [6.45, 7) is 2.68. The predicted octanol–water partition coefficient (Wildman–Crippen LogP) is 4.73. The second-order valence-electron chi connectivity index (χ2n) is 5.87. The summed E-state index contributed by atoms with van der Waals surface area (Å²) >= 11 is 3.39. The molecular weight excluding hydrogens is 408 g/mol. The van der Waals surface area contributed by atoms with Crippen molar-refractivity contribution in [3.05, 3.63) is 51.5 Å². The van der Waals surface area contributed by atoms with E-state index in [1.165, 1.54) is 18.1 Å². The van der Waals surface area contributed by atoms with E-state index in [-0.39, 0.29) is 11.6 Å². The average Bonchev–Trinajstić information content (AvgIpc) is 2.62. The van der Waals surface area contributed by atoms with Gasteiger partial charge in [0.15, 0.2) is 11.5 Å². The molecule has 26 heavy (non-hydrogen) atoms. The molecule has 2 aromatic rings. The molecule has 1 heterocycles. The van der Waals surface area contributed by atoms with E-state index in [2.05, 4.69) is 15.9 Å². The van der Waals surface area contributed by atoms with Crippen molar-refractivity contribution in [1.29, 1.82) is 0 Å². The molecule has 0 saturated heterocycles. The summed E-state index contributed by atoms with van der Waals surface area (Å²) in [5.74, 6) is -0.762. The zero-order chi connectivity index (χ0) is 18.8. The molecule has 4 nitrogen and oxygen atoms in total. The summed E-state index contributed by atoms with van der Waals surface area (Å²) in [7, 11) is 1.49. The lowest BCUT2D eigenvalue weighted by molar-refractivity contribution is 0.0984. The second-order valence-corrected chi connectivity index (χ2v) is 6.72. The number of carbonyl (C=O) groups is 1. The van der Waals surface area contributed by atoms with Crippen LogP contribution in [0.1, 0.15) is 29.3 Å². The number of anilines is 1. The lowest BCUT2D eigenvalue weighted by atomic mass is 10.00. The lowest BCUT2D eigenvalue weighted by Crippen LogP contribution is -2.36. The van der Waals surface area contributed by atoms with E-state index in [1.807, 2.05) is 6.92 Å². The molecule has 0 aromatic heterocycles. The zero-order valence-corrected chi connectivity index (χ0v) is 16.0. The molecule has 0 bridgehead atoms. The van der Waals surface area contributed by atoms with Crippen LogP contribution < -0.4 is 14.4 Å². The minimum absolute atomic E-state index is 0.280. The number of benzene rings is 2. The molecule has 1 amide bonds. The van der Waals surface area contributed by atoms with E-state index in [9.17, 15) is 13.6 Å². The number of hydrogen-bond acceptors (Lipinski definition) is 3. The molecule has 0 aliphatic carbocycles. The number of ether oxygens (including phenoxy) is 2. The van der Waals surface area contributed by atoms with Gasteiger partial charge in [0, 0.05) is 23.7 Å². The number of fused-ring (bicyclic) bond motifs is 1. The summed E-state index contributed by atoms with van der Waals surface area (Å²) in [6.07, 6.45) is 1.08. The van der Waals surface area contributed by atoms with Gasteiger partial charge in [0.25, 0.3) is 5.91 Å². The van der Waals surface area contributed by atoms with Crippen LogP contribution in [-0.2, 0) is 6.42 Å². The summed E-state index contributed by atoms with van der Waals surface area (Å²) in [5.41, 5.74) is 0.986. The van der Waals surface area contributed by atoms with E-state index in [4.69, 9.17) is 9.47 Å². The van der Waals surface area contributed by atoms with Gasteiger partial charge in [-0.25, -0.2) is 8.78 Å². The van der Waals surface area contributed by atoms with Crippen molar-refractivity contribution in [3.63, 3.8) is 0 Å². The van der Waals surface area contributed by atoms with Gasteiger partial charge in [-0.05, 0) is 53.9 Å². The Bertz CT molecular complexity index is 857. The Morgan fingerprint density at radius 2 is 2.04 bits per heavy atom. The molecule has 0 fully saturated rings. The number of halogens is 3. The van der Waals surface area contributed by atoms with Gasteiger partial charge in [0.1, 0.15) is 11.6 Å². The average molecular weight is 426 g/mol. The molecule has 1 aliphatic rings. The van der Waals surface area contributed by atoms with Crippen LogP contribution in [0.4, 0.5) is 14.5 Å². The summed E-state index contributed by atoms with van der Waals surface area (Å²) in [4.78, 5) is 14.4. The number of hydrogen-bond donors (Lipinski definition) is 0. The minimum atomic E-state index is -0.702. The number of amides is 1. The topological polar surface area (TPSA) is 38.8 Å². The highest BCUT2D eigenvalue weighted by atomic mass is 79.9. The fourth-order valence-electron chi connectivity index (χ4n) is 3.11. The molecule has 0 saturated carbocycles. The molecular formula is C19H18BrF2NO3. The Kier molecular flexibility index (Phi) is 5.46. The third kappa shape index (κ3) is 3.40. The normalized spacial score (nSPS) is 13.3. The van der Waals surface area contributed by atoms with Crippen molar-refractivity contribution in [2.24, 2.45) is 0 Å². The van der Waals surface area contributed by atoms with Crippen LogP contribution in [0.2, 0.25) is 0 Å². The van der Waals surface area contributed by atoms with Crippen LogP contribution in [0.25, 0.3) is 0 Å². The van der Waals surface area contributed by atoms with Crippen LogP contribution in [0, 0.1) is 11.6 Å². The quantitative estimate of drug-likeness (QED) is 0.710. The fraction of sp³-hybridized carbons (Fsp3) is 0.316. The van der Waals surface area contributed by atoms with Crippen LogP contribution in [0.3, 0.4) is 0 Å². The van der Waals surface area contributed by atoms with Crippen LogP contribution in [0.5, 0.6) is 11.5 Å². The fourth-order valence-corrected chi connectivity index (χ4v) is 3.66. The molecule has 0 radical (unpaired) electrons. The molecule has 0 N–H and O–H groups in total. The smallest absolute Gasteiger partial charge is 0.258 e. The first-order valence-electron chi connectivity index (χ1n) is 8.26. The third-order valence-electron chi connectivity index (χ3n) is 4.25. The Morgan fingerprint density at radius 1 is 1.27 bits per heavy atom. The largest absolute Gasteiger partial charge is 0.493 e. The van der Waals surface area contributed by atoms with Gasteiger partial charge >= 0.3 is 0 Å². The van der Waals surface area contributed by atoms with E-state index < -0.39 is 11.6 Å². The number of nitrogens with zero attached hydrogens (tertiary/aromatic N) is 1. The van der Waals surface area contributed by atoms with E-state index in [0.717, 1.165) is 6.07 Å². The van der Waals surface area contributed by atoms with Crippen LogP contribution >= 0.6 is 15.9 Å². The minimum Gasteiger partial charge on any atom is -0.493 e. The molecule has 1 aliphatic heterocycles. The SMILES string of the molecule is CCOc1c(Br)cc(C(=O)N2CCCc3c(F)cc(F)cc32)cc1OC. The Hall–Kier alpha value is -2.15. The van der Waals surface area contributed by atoms with Crippen molar-refractivity contribution in [3.8, 4) is 11.5 Å². The van der Waals surface area contributed by atoms with Gasteiger partial charge in [0.05, 0.1) is 23.9 Å². The van der Waals surface area contributed by atoms with Gasteiger partial charge in [0.2, 0.25) is 0 Å². The van der Waals surface area contributed by atoms with E-state index >= 15 is 0 Å². The van der Waals surface area contributed by atoms with Gasteiger partial charge in [-0.3, -0.25) is 4.79 Å². The number of rotatable bonds is 4. The molecule has 7 heteroatoms. The Morgan fingerprint density at radius 3 is 2.73 bits per heavy atom. The molecule has 0 atom stereocenters. The maximum atomic E-state index is 14.1. The Labute approximate surface area is 158 Å². The standard InChI is InChI=1S/C19H18BrF2NO3/c1-3-26-18-14(20)7-11(8-17(18)25-2)19(24)23-6-4-5-13-15(22)9-12(21)10-16(13)23/h7-10H,3-6H2,1-2H3. The zero-order valence-electron chi connectivity index (χ0n) is 14.4.